The Morgan fingerprint density at radius 1 is 1.21 bits per heavy atom. The molecule has 0 atom stereocenters. The Labute approximate surface area is 105 Å². The first-order valence-corrected chi connectivity index (χ1v) is 4.76. The Balaban J connectivity index is 0.00000169. The van der Waals surface area contributed by atoms with Gasteiger partial charge in [-0.3, -0.25) is 0 Å². The third kappa shape index (κ3) is 4.66. The summed E-state index contributed by atoms with van der Waals surface area (Å²) in [4.78, 5) is 0. The largest absolute Gasteiger partial charge is 0.500 e. The van der Waals surface area contributed by atoms with E-state index < -0.39 is 10.4 Å². The topological polar surface area (TPSA) is 52.6 Å². The van der Waals surface area contributed by atoms with Crippen LogP contribution >= 0.6 is 0 Å². The molecule has 0 unspecified atom stereocenters. The van der Waals surface area contributed by atoms with Gasteiger partial charge in [0.25, 0.3) is 0 Å². The Kier molecular flexibility index (Phi) is 5.87. The molecule has 0 aliphatic carbocycles. The molecular weight excluding hydrogens is 215 g/mol. The van der Waals surface area contributed by atoms with Gasteiger partial charge in [-0.2, -0.15) is 0 Å². The van der Waals surface area contributed by atoms with E-state index in [4.69, 9.17) is 0 Å². The van der Waals surface area contributed by atoms with Crippen LogP contribution in [0.4, 0.5) is 0 Å². The van der Waals surface area contributed by atoms with E-state index in [0.717, 1.165) is 6.26 Å². The minimum absolute atomic E-state index is 0. The van der Waals surface area contributed by atoms with Gasteiger partial charge in [0, 0.05) is 29.6 Å². The Hall–Kier alpha value is -0.490. The summed E-state index contributed by atoms with van der Waals surface area (Å²) in [6, 6.07) is 8.05. The first-order chi connectivity index (χ1) is 6.14. The monoisotopic (exact) mass is 223 g/mol. The molecule has 1 aromatic carbocycles. The molecule has 71 valence electrons. The van der Waals surface area contributed by atoms with Crippen LogP contribution in [0.25, 0.3) is 0 Å². The molecule has 0 saturated carbocycles. The van der Waals surface area contributed by atoms with E-state index in [1.165, 1.54) is 12.1 Å². The van der Waals surface area contributed by atoms with E-state index >= 15 is 0 Å². The number of rotatable bonds is 4. The quantitative estimate of drug-likeness (QED) is 0.566. The van der Waals surface area contributed by atoms with E-state index in [9.17, 15) is 8.42 Å². The van der Waals surface area contributed by atoms with Crippen molar-refractivity contribution < 1.29 is 16.8 Å². The van der Waals surface area contributed by atoms with Crippen LogP contribution in [-0.4, -0.2) is 38.0 Å². The molecule has 6 heteroatoms. The number of para-hydroxylation sites is 1. The van der Waals surface area contributed by atoms with E-state index in [1.54, 1.807) is 18.2 Å². The summed E-state index contributed by atoms with van der Waals surface area (Å²) in [5.41, 5.74) is 0. The van der Waals surface area contributed by atoms with Crippen molar-refractivity contribution in [1.82, 2.24) is 0 Å². The summed E-state index contributed by atoms with van der Waals surface area (Å²) in [7, 11) is -4.00. The van der Waals surface area contributed by atoms with Crippen LogP contribution in [0.5, 0.6) is 5.75 Å². The van der Waals surface area contributed by atoms with Crippen molar-refractivity contribution in [2.75, 3.05) is 0 Å². The molecule has 0 aliphatic rings. The third-order valence-electron chi connectivity index (χ3n) is 1.13. The average molecular weight is 223 g/mol. The third-order valence-corrected chi connectivity index (χ3v) is 1.90. The molecule has 0 aliphatic heterocycles. The fraction of sp³-hybridized carbons (Fsp3) is 0. The molecule has 14 heavy (non-hydrogen) atoms. The van der Waals surface area contributed by atoms with Crippen molar-refractivity contribution in [3.8, 4) is 5.75 Å². The Morgan fingerprint density at radius 2 is 1.79 bits per heavy atom. The SMILES string of the molecule is C=COS(=O)(=O)Oc1ccccc1.[Na]. The molecule has 0 spiro atoms. The zero-order valence-electron chi connectivity index (χ0n) is 7.71. The number of benzene rings is 1. The molecule has 1 aromatic rings. The van der Waals surface area contributed by atoms with Gasteiger partial charge in [0.2, 0.25) is 0 Å². The second kappa shape index (κ2) is 6.08. The standard InChI is InChI=1S/C8H8O4S.Na/c1-2-11-13(9,10)12-8-6-4-3-5-7-8;/h2-7H,1H2;. The molecule has 0 saturated heterocycles. The van der Waals surface area contributed by atoms with Crippen LogP contribution in [0.1, 0.15) is 0 Å². The fourth-order valence-electron chi connectivity index (χ4n) is 0.697. The van der Waals surface area contributed by atoms with E-state index in [0.29, 0.717) is 0 Å². The van der Waals surface area contributed by atoms with E-state index in [-0.39, 0.29) is 35.3 Å². The summed E-state index contributed by atoms with van der Waals surface area (Å²) in [5, 5.41) is 0. The van der Waals surface area contributed by atoms with Crippen LogP contribution in [0.3, 0.4) is 0 Å². The van der Waals surface area contributed by atoms with Crippen molar-refractivity contribution in [2.45, 2.75) is 0 Å². The van der Waals surface area contributed by atoms with Crippen molar-refractivity contribution in [2.24, 2.45) is 0 Å². The molecule has 0 bridgehead atoms. The normalized spacial score (nSPS) is 9.71. The summed E-state index contributed by atoms with van der Waals surface area (Å²) in [5.74, 6) is 0.198. The maximum Gasteiger partial charge on any atom is 0.500 e. The van der Waals surface area contributed by atoms with E-state index in [2.05, 4.69) is 14.9 Å². The van der Waals surface area contributed by atoms with Gasteiger partial charge >= 0.3 is 10.4 Å². The van der Waals surface area contributed by atoms with Gasteiger partial charge in [-0.05, 0) is 12.1 Å². The fourth-order valence-corrected chi connectivity index (χ4v) is 1.25. The molecule has 0 amide bonds. The van der Waals surface area contributed by atoms with Crippen LogP contribution < -0.4 is 4.18 Å². The zero-order valence-corrected chi connectivity index (χ0v) is 10.5. The Bertz CT molecular complexity index is 374. The molecular formula is C8H8NaO4S. The van der Waals surface area contributed by atoms with Crippen molar-refractivity contribution in [3.05, 3.63) is 43.2 Å². The second-order valence-electron chi connectivity index (χ2n) is 2.07. The molecule has 1 rings (SSSR count). The van der Waals surface area contributed by atoms with Crippen molar-refractivity contribution in [3.63, 3.8) is 0 Å². The van der Waals surface area contributed by atoms with E-state index in [1.807, 2.05) is 0 Å². The minimum Gasteiger partial charge on any atom is -0.361 e. The van der Waals surface area contributed by atoms with Crippen LogP contribution in [0.2, 0.25) is 0 Å². The summed E-state index contributed by atoms with van der Waals surface area (Å²) < 4.78 is 30.4. The van der Waals surface area contributed by atoms with Gasteiger partial charge in [-0.15, -0.1) is 8.42 Å². The Morgan fingerprint density at radius 3 is 2.29 bits per heavy atom. The second-order valence-corrected chi connectivity index (χ2v) is 3.24. The molecule has 0 heterocycles. The number of hydrogen-bond acceptors (Lipinski definition) is 4. The first-order valence-electron chi connectivity index (χ1n) is 3.43. The van der Waals surface area contributed by atoms with Gasteiger partial charge < -0.3 is 8.37 Å². The predicted octanol–water partition coefficient (Wildman–Crippen LogP) is 1.09. The maximum absolute atomic E-state index is 10.9. The maximum atomic E-state index is 10.9. The molecule has 4 nitrogen and oxygen atoms in total. The van der Waals surface area contributed by atoms with Crippen molar-refractivity contribution >= 4 is 40.0 Å². The smallest absolute Gasteiger partial charge is 0.361 e. The minimum atomic E-state index is -4.00. The van der Waals surface area contributed by atoms with Gasteiger partial charge in [0.1, 0.15) is 12.0 Å². The summed E-state index contributed by atoms with van der Waals surface area (Å²) >= 11 is 0. The predicted molar refractivity (Wildman–Crippen MR) is 53.0 cm³/mol. The van der Waals surface area contributed by atoms with Crippen LogP contribution in [0, 0.1) is 0 Å². The van der Waals surface area contributed by atoms with Crippen LogP contribution in [0.15, 0.2) is 43.2 Å². The van der Waals surface area contributed by atoms with Crippen LogP contribution in [-0.2, 0) is 14.6 Å². The summed E-state index contributed by atoms with van der Waals surface area (Å²) in [6.45, 7) is 3.11. The molecule has 0 fully saturated rings. The molecule has 1 radical (unpaired) electrons. The first kappa shape index (κ1) is 13.5. The van der Waals surface area contributed by atoms with Gasteiger partial charge in [-0.25, -0.2) is 0 Å². The number of hydrogen-bond donors (Lipinski definition) is 0. The zero-order chi connectivity index (χ0) is 9.73. The van der Waals surface area contributed by atoms with Gasteiger partial charge in [0.15, 0.2) is 0 Å². The molecule has 0 N–H and O–H groups in total. The van der Waals surface area contributed by atoms with Gasteiger partial charge in [0.05, 0.1) is 0 Å². The average Bonchev–Trinajstić information content (AvgIpc) is 2.04. The molecule has 0 aromatic heterocycles. The van der Waals surface area contributed by atoms with Gasteiger partial charge in [-0.1, -0.05) is 24.8 Å². The summed E-state index contributed by atoms with van der Waals surface area (Å²) in [6.07, 6.45) is 0.790. The van der Waals surface area contributed by atoms with Crippen molar-refractivity contribution in [1.29, 1.82) is 0 Å².